The van der Waals surface area contributed by atoms with Crippen molar-refractivity contribution < 1.29 is 9.90 Å². The van der Waals surface area contributed by atoms with Crippen LogP contribution >= 0.6 is 0 Å². The summed E-state index contributed by atoms with van der Waals surface area (Å²) in [6.07, 6.45) is 0. The van der Waals surface area contributed by atoms with Crippen LogP contribution in [0.2, 0.25) is 0 Å². The number of rotatable bonds is 4. The highest BCUT2D eigenvalue weighted by molar-refractivity contribution is 5.87. The molecule has 0 aliphatic heterocycles. The Morgan fingerprint density at radius 3 is 2.58 bits per heavy atom. The van der Waals surface area contributed by atoms with Gasteiger partial charge in [-0.2, -0.15) is 0 Å². The lowest BCUT2D eigenvalue weighted by atomic mass is 10.0. The maximum absolute atomic E-state index is 12.3. The first-order chi connectivity index (χ1) is 11.5. The molecule has 0 radical (unpaired) electrons. The van der Waals surface area contributed by atoms with Crippen molar-refractivity contribution in [3.05, 3.63) is 81.6 Å². The zero-order chi connectivity index (χ0) is 17.3. The second-order valence-electron chi connectivity index (χ2n) is 6.24. The predicted octanol–water partition coefficient (Wildman–Crippen LogP) is 3.87. The molecule has 0 aliphatic carbocycles. The Bertz CT molecular complexity index is 970. The number of aromatic carboxylic acids is 1. The molecule has 0 bridgehead atoms. The highest BCUT2D eigenvalue weighted by Crippen LogP contribution is 2.21. The zero-order valence-corrected chi connectivity index (χ0v) is 13.7. The molecule has 0 spiro atoms. The summed E-state index contributed by atoms with van der Waals surface area (Å²) in [6, 6.07) is 16.2. The summed E-state index contributed by atoms with van der Waals surface area (Å²) < 4.78 is 1.68. The molecule has 4 heteroatoms. The van der Waals surface area contributed by atoms with E-state index in [1.54, 1.807) is 28.8 Å². The van der Waals surface area contributed by atoms with Crippen molar-refractivity contribution in [2.75, 3.05) is 0 Å². The number of carboxylic acid groups (broad SMARTS) is 1. The number of aromatic nitrogens is 1. The molecule has 3 aromatic rings. The molecule has 0 atom stereocenters. The van der Waals surface area contributed by atoms with Crippen molar-refractivity contribution in [3.8, 4) is 0 Å². The summed E-state index contributed by atoms with van der Waals surface area (Å²) >= 11 is 0. The minimum absolute atomic E-state index is 0.0967. The Kier molecular flexibility index (Phi) is 4.21. The van der Waals surface area contributed by atoms with E-state index in [1.165, 1.54) is 5.56 Å². The lowest BCUT2D eigenvalue weighted by Crippen LogP contribution is -2.20. The van der Waals surface area contributed by atoms with Crippen LogP contribution in [0.5, 0.6) is 0 Å². The predicted molar refractivity (Wildman–Crippen MR) is 94.8 cm³/mol. The molecule has 0 aliphatic rings. The van der Waals surface area contributed by atoms with Gasteiger partial charge in [-0.1, -0.05) is 32.0 Å². The number of fused-ring (bicyclic) bond motifs is 1. The molecule has 0 unspecified atom stereocenters. The number of hydrogen-bond donors (Lipinski definition) is 1. The molecule has 0 amide bonds. The summed E-state index contributed by atoms with van der Waals surface area (Å²) in [4.78, 5) is 23.4. The van der Waals surface area contributed by atoms with Gasteiger partial charge in [0.1, 0.15) is 0 Å². The molecule has 2 aromatic carbocycles. The highest BCUT2D eigenvalue weighted by atomic mass is 16.4. The van der Waals surface area contributed by atoms with E-state index >= 15 is 0 Å². The van der Waals surface area contributed by atoms with Crippen LogP contribution in [0.15, 0.2) is 59.4 Å². The minimum atomic E-state index is -0.969. The van der Waals surface area contributed by atoms with Gasteiger partial charge in [0.05, 0.1) is 17.6 Å². The smallest absolute Gasteiger partial charge is 0.335 e. The van der Waals surface area contributed by atoms with Gasteiger partial charge in [0.15, 0.2) is 0 Å². The fraction of sp³-hybridized carbons (Fsp3) is 0.200. The van der Waals surface area contributed by atoms with E-state index in [9.17, 15) is 9.59 Å². The summed E-state index contributed by atoms with van der Waals surface area (Å²) in [5, 5.41) is 10.1. The first-order valence-electron chi connectivity index (χ1n) is 7.91. The molecule has 0 saturated carbocycles. The van der Waals surface area contributed by atoms with Crippen LogP contribution in [0.4, 0.5) is 0 Å². The van der Waals surface area contributed by atoms with E-state index in [2.05, 4.69) is 19.9 Å². The van der Waals surface area contributed by atoms with Crippen molar-refractivity contribution in [1.29, 1.82) is 0 Å². The van der Waals surface area contributed by atoms with E-state index in [0.29, 0.717) is 12.5 Å². The molecule has 24 heavy (non-hydrogen) atoms. The summed E-state index contributed by atoms with van der Waals surface area (Å²) in [5.41, 5.74) is 2.99. The molecule has 1 heterocycles. The molecule has 1 aromatic heterocycles. The molecular formula is C20H19NO3. The molecule has 122 valence electrons. The third kappa shape index (κ3) is 3.08. The van der Waals surface area contributed by atoms with Crippen LogP contribution in [-0.2, 0) is 6.54 Å². The van der Waals surface area contributed by atoms with Gasteiger partial charge >= 0.3 is 5.97 Å². The van der Waals surface area contributed by atoms with Gasteiger partial charge in [0.2, 0.25) is 0 Å². The Morgan fingerprint density at radius 1 is 1.08 bits per heavy atom. The molecular weight excluding hydrogens is 302 g/mol. The maximum Gasteiger partial charge on any atom is 0.335 e. The lowest BCUT2D eigenvalue weighted by Gasteiger charge is -2.13. The van der Waals surface area contributed by atoms with Gasteiger partial charge in [-0.15, -0.1) is 0 Å². The van der Waals surface area contributed by atoms with Crippen LogP contribution in [-0.4, -0.2) is 15.6 Å². The van der Waals surface area contributed by atoms with E-state index in [0.717, 1.165) is 16.5 Å². The average molecular weight is 321 g/mol. The van der Waals surface area contributed by atoms with Crippen molar-refractivity contribution in [2.45, 2.75) is 26.3 Å². The van der Waals surface area contributed by atoms with Gasteiger partial charge < -0.3 is 9.67 Å². The second kappa shape index (κ2) is 6.32. The molecule has 0 fully saturated rings. The Balaban J connectivity index is 2.09. The van der Waals surface area contributed by atoms with Gasteiger partial charge in [-0.3, -0.25) is 4.79 Å². The minimum Gasteiger partial charge on any atom is -0.478 e. The van der Waals surface area contributed by atoms with Gasteiger partial charge in [-0.25, -0.2) is 4.79 Å². The van der Waals surface area contributed by atoms with Crippen LogP contribution in [0.25, 0.3) is 10.9 Å². The molecule has 0 saturated heterocycles. The van der Waals surface area contributed by atoms with Crippen LogP contribution < -0.4 is 5.56 Å². The SMILES string of the molecule is CC(C)c1ccc2c(ccc(=O)n2Cc2cccc(C(=O)O)c2)c1. The van der Waals surface area contributed by atoms with Gasteiger partial charge in [0, 0.05) is 6.07 Å². The monoisotopic (exact) mass is 321 g/mol. The van der Waals surface area contributed by atoms with Crippen LogP contribution in [0.3, 0.4) is 0 Å². The molecule has 3 rings (SSSR count). The fourth-order valence-corrected chi connectivity index (χ4v) is 2.83. The van der Waals surface area contributed by atoms with E-state index < -0.39 is 5.97 Å². The van der Waals surface area contributed by atoms with E-state index in [4.69, 9.17) is 5.11 Å². The Morgan fingerprint density at radius 2 is 1.88 bits per heavy atom. The van der Waals surface area contributed by atoms with Crippen molar-refractivity contribution >= 4 is 16.9 Å². The van der Waals surface area contributed by atoms with E-state index in [-0.39, 0.29) is 11.1 Å². The summed E-state index contributed by atoms with van der Waals surface area (Å²) in [6.45, 7) is 4.61. The first-order valence-corrected chi connectivity index (χ1v) is 7.91. The average Bonchev–Trinajstić information content (AvgIpc) is 2.57. The number of hydrogen-bond acceptors (Lipinski definition) is 2. The Hall–Kier alpha value is -2.88. The number of benzene rings is 2. The fourth-order valence-electron chi connectivity index (χ4n) is 2.83. The van der Waals surface area contributed by atoms with Crippen molar-refractivity contribution in [2.24, 2.45) is 0 Å². The van der Waals surface area contributed by atoms with Crippen LogP contribution in [0.1, 0.15) is 41.3 Å². The Labute approximate surface area is 140 Å². The number of carboxylic acids is 1. The largest absolute Gasteiger partial charge is 0.478 e. The van der Waals surface area contributed by atoms with Crippen LogP contribution in [0, 0.1) is 0 Å². The number of nitrogens with zero attached hydrogens (tertiary/aromatic N) is 1. The zero-order valence-electron chi connectivity index (χ0n) is 13.7. The van der Waals surface area contributed by atoms with Crippen molar-refractivity contribution in [1.82, 2.24) is 4.57 Å². The maximum atomic E-state index is 12.3. The third-order valence-corrected chi connectivity index (χ3v) is 4.20. The third-order valence-electron chi connectivity index (χ3n) is 4.20. The van der Waals surface area contributed by atoms with Crippen molar-refractivity contribution in [3.63, 3.8) is 0 Å². The normalized spacial score (nSPS) is 11.1. The quantitative estimate of drug-likeness (QED) is 0.793. The van der Waals surface area contributed by atoms with Gasteiger partial charge in [0.25, 0.3) is 5.56 Å². The lowest BCUT2D eigenvalue weighted by molar-refractivity contribution is 0.0696. The standard InChI is InChI=1S/C20H19NO3/c1-13(2)15-6-8-18-16(11-15)7-9-19(22)21(18)12-14-4-3-5-17(10-14)20(23)24/h3-11,13H,12H2,1-2H3,(H,23,24). The second-order valence-corrected chi connectivity index (χ2v) is 6.24. The number of pyridine rings is 1. The first kappa shape index (κ1) is 16.0. The van der Waals surface area contributed by atoms with Gasteiger partial charge in [-0.05, 0) is 52.8 Å². The molecule has 4 nitrogen and oxygen atoms in total. The summed E-state index contributed by atoms with van der Waals surface area (Å²) in [7, 11) is 0. The summed E-state index contributed by atoms with van der Waals surface area (Å²) in [5.74, 6) is -0.550. The molecule has 1 N–H and O–H groups in total. The highest BCUT2D eigenvalue weighted by Gasteiger charge is 2.08. The number of carbonyl (C=O) groups is 1. The van der Waals surface area contributed by atoms with E-state index in [1.807, 2.05) is 24.3 Å². The topological polar surface area (TPSA) is 59.3 Å².